The van der Waals surface area contributed by atoms with Crippen molar-refractivity contribution >= 4 is 22.9 Å². The van der Waals surface area contributed by atoms with Gasteiger partial charge in [0.2, 0.25) is 0 Å². The van der Waals surface area contributed by atoms with Gasteiger partial charge in [-0.25, -0.2) is 9.78 Å². The van der Waals surface area contributed by atoms with E-state index >= 15 is 0 Å². The van der Waals surface area contributed by atoms with Crippen LogP contribution in [0.15, 0.2) is 97.1 Å². The van der Waals surface area contributed by atoms with Crippen LogP contribution < -0.4 is 5.32 Å². The van der Waals surface area contributed by atoms with E-state index < -0.39 is 5.60 Å². The Morgan fingerprint density at radius 2 is 1.57 bits per heavy atom. The molecule has 44 heavy (non-hydrogen) atoms. The zero-order valence-electron chi connectivity index (χ0n) is 26.1. The fourth-order valence-corrected chi connectivity index (χ4v) is 5.30. The molecule has 0 saturated heterocycles. The van der Waals surface area contributed by atoms with E-state index in [0.717, 1.165) is 59.2 Å². The SMILES string of the molecule is CCCCc1nc2ccc(C(=O)NCCc3ccccc3)cc2n1Cc1ccc(-c2ccccc2C(=O)OC(C)(C)C)cc1. The summed E-state index contributed by atoms with van der Waals surface area (Å²) in [5, 5.41) is 3.07. The molecule has 0 radical (unpaired) electrons. The average Bonchev–Trinajstić information content (AvgIpc) is 3.36. The molecule has 0 atom stereocenters. The average molecular weight is 588 g/mol. The molecule has 4 aromatic carbocycles. The van der Waals surface area contributed by atoms with E-state index in [0.29, 0.717) is 24.2 Å². The van der Waals surface area contributed by atoms with Crippen LogP contribution in [-0.4, -0.2) is 33.6 Å². The number of hydrogen-bond acceptors (Lipinski definition) is 4. The Bertz CT molecular complexity index is 1730. The summed E-state index contributed by atoms with van der Waals surface area (Å²) in [6.07, 6.45) is 3.76. The summed E-state index contributed by atoms with van der Waals surface area (Å²) in [7, 11) is 0. The smallest absolute Gasteiger partial charge is 0.339 e. The Labute approximate surface area is 260 Å². The third-order valence-corrected chi connectivity index (χ3v) is 7.54. The second-order valence-electron chi connectivity index (χ2n) is 12.2. The Balaban J connectivity index is 1.38. The molecule has 6 heteroatoms. The summed E-state index contributed by atoms with van der Waals surface area (Å²) in [5.74, 6) is 0.601. The van der Waals surface area contributed by atoms with Crippen molar-refractivity contribution in [3.8, 4) is 11.1 Å². The summed E-state index contributed by atoms with van der Waals surface area (Å²) < 4.78 is 7.89. The summed E-state index contributed by atoms with van der Waals surface area (Å²) in [6.45, 7) is 9.00. The molecule has 5 aromatic rings. The van der Waals surface area contributed by atoms with Gasteiger partial charge < -0.3 is 14.6 Å². The van der Waals surface area contributed by atoms with Crippen LogP contribution in [0.25, 0.3) is 22.2 Å². The highest BCUT2D eigenvalue weighted by atomic mass is 16.6. The molecule has 1 heterocycles. The maximum atomic E-state index is 13.1. The highest BCUT2D eigenvalue weighted by Crippen LogP contribution is 2.27. The second kappa shape index (κ2) is 13.7. The molecule has 0 aliphatic rings. The van der Waals surface area contributed by atoms with Crippen molar-refractivity contribution in [2.75, 3.05) is 6.54 Å². The minimum atomic E-state index is -0.570. The van der Waals surface area contributed by atoms with Gasteiger partial charge in [-0.05, 0) is 80.1 Å². The number of aryl methyl sites for hydroxylation is 1. The maximum absolute atomic E-state index is 13.1. The zero-order valence-corrected chi connectivity index (χ0v) is 26.1. The number of hydrogen-bond donors (Lipinski definition) is 1. The van der Waals surface area contributed by atoms with Crippen LogP contribution in [0.2, 0.25) is 0 Å². The number of esters is 1. The van der Waals surface area contributed by atoms with E-state index in [9.17, 15) is 9.59 Å². The third kappa shape index (κ3) is 7.62. The lowest BCUT2D eigenvalue weighted by Crippen LogP contribution is -2.25. The van der Waals surface area contributed by atoms with E-state index in [-0.39, 0.29) is 11.9 Å². The van der Waals surface area contributed by atoms with Crippen molar-refractivity contribution in [2.24, 2.45) is 0 Å². The van der Waals surface area contributed by atoms with Gasteiger partial charge in [0.1, 0.15) is 11.4 Å². The first-order chi connectivity index (χ1) is 21.2. The minimum Gasteiger partial charge on any atom is -0.456 e. The second-order valence-corrected chi connectivity index (χ2v) is 12.2. The number of unbranched alkanes of at least 4 members (excludes halogenated alkanes) is 1. The van der Waals surface area contributed by atoms with Gasteiger partial charge in [-0.2, -0.15) is 0 Å². The standard InChI is InChI=1S/C38H41N3O3/c1-5-6-16-35-40-33-22-21-30(36(42)39-24-23-27-12-8-7-9-13-27)25-34(33)41(35)26-28-17-19-29(20-18-28)31-14-10-11-15-32(31)37(43)44-38(2,3)4/h7-15,17-22,25H,5-6,16,23-24,26H2,1-4H3,(H,39,42). The van der Waals surface area contributed by atoms with Gasteiger partial charge in [-0.3, -0.25) is 4.79 Å². The van der Waals surface area contributed by atoms with E-state index in [4.69, 9.17) is 9.72 Å². The van der Waals surface area contributed by atoms with Gasteiger partial charge in [0.15, 0.2) is 0 Å². The lowest BCUT2D eigenvalue weighted by atomic mass is 9.98. The fourth-order valence-electron chi connectivity index (χ4n) is 5.30. The van der Waals surface area contributed by atoms with Crippen molar-refractivity contribution in [2.45, 2.75) is 65.5 Å². The number of fused-ring (bicyclic) bond motifs is 1. The number of rotatable bonds is 11. The lowest BCUT2D eigenvalue weighted by Gasteiger charge is -2.20. The van der Waals surface area contributed by atoms with Gasteiger partial charge in [0, 0.05) is 25.1 Å². The molecule has 1 aromatic heterocycles. The van der Waals surface area contributed by atoms with Crippen molar-refractivity contribution in [3.05, 3.63) is 125 Å². The third-order valence-electron chi connectivity index (χ3n) is 7.54. The molecule has 5 rings (SSSR count). The predicted octanol–water partition coefficient (Wildman–Crippen LogP) is 8.02. The molecule has 1 N–H and O–H groups in total. The maximum Gasteiger partial charge on any atom is 0.339 e. The fraction of sp³-hybridized carbons (Fsp3) is 0.289. The first-order valence-corrected chi connectivity index (χ1v) is 15.4. The molecule has 1 amide bonds. The quantitative estimate of drug-likeness (QED) is 0.159. The molecule has 0 fully saturated rings. The molecular formula is C38H41N3O3. The first-order valence-electron chi connectivity index (χ1n) is 15.4. The first kappa shape index (κ1) is 30.7. The molecule has 0 aliphatic heterocycles. The zero-order chi connectivity index (χ0) is 31.1. The number of nitrogens with one attached hydrogen (secondary N) is 1. The summed E-state index contributed by atoms with van der Waals surface area (Å²) in [4.78, 5) is 31.0. The Morgan fingerprint density at radius 3 is 2.30 bits per heavy atom. The number of amides is 1. The van der Waals surface area contributed by atoms with Gasteiger partial charge >= 0.3 is 5.97 Å². The van der Waals surface area contributed by atoms with E-state index in [1.807, 2.05) is 81.4 Å². The normalized spacial score (nSPS) is 11.5. The van der Waals surface area contributed by atoms with Crippen molar-refractivity contribution < 1.29 is 14.3 Å². The Hall–Kier alpha value is -4.71. The number of nitrogens with zero attached hydrogens (tertiary/aromatic N) is 2. The summed E-state index contributed by atoms with van der Waals surface area (Å²) >= 11 is 0. The highest BCUT2D eigenvalue weighted by Gasteiger charge is 2.21. The molecular weight excluding hydrogens is 546 g/mol. The number of aromatic nitrogens is 2. The summed E-state index contributed by atoms with van der Waals surface area (Å²) in [5.41, 5.74) is 6.54. The van der Waals surface area contributed by atoms with E-state index in [1.165, 1.54) is 5.56 Å². The summed E-state index contributed by atoms with van der Waals surface area (Å²) in [6, 6.07) is 31.8. The lowest BCUT2D eigenvalue weighted by molar-refractivity contribution is 0.00703. The van der Waals surface area contributed by atoms with Gasteiger partial charge in [-0.1, -0.05) is 86.1 Å². The number of imidazole rings is 1. The van der Waals surface area contributed by atoms with Crippen LogP contribution in [-0.2, 0) is 24.1 Å². The van der Waals surface area contributed by atoms with Crippen LogP contribution in [0.3, 0.4) is 0 Å². The molecule has 0 aliphatic carbocycles. The topological polar surface area (TPSA) is 73.2 Å². The highest BCUT2D eigenvalue weighted by molar-refractivity contribution is 5.98. The number of benzene rings is 4. The van der Waals surface area contributed by atoms with Gasteiger partial charge in [-0.15, -0.1) is 0 Å². The van der Waals surface area contributed by atoms with Crippen molar-refractivity contribution in [3.63, 3.8) is 0 Å². The Morgan fingerprint density at radius 1 is 0.841 bits per heavy atom. The van der Waals surface area contributed by atoms with Gasteiger partial charge in [0.25, 0.3) is 5.91 Å². The van der Waals surface area contributed by atoms with Crippen molar-refractivity contribution in [1.82, 2.24) is 14.9 Å². The predicted molar refractivity (Wildman–Crippen MR) is 177 cm³/mol. The molecule has 6 nitrogen and oxygen atoms in total. The largest absolute Gasteiger partial charge is 0.456 e. The van der Waals surface area contributed by atoms with Crippen LogP contribution >= 0.6 is 0 Å². The Kier molecular flexibility index (Phi) is 9.59. The molecule has 0 spiro atoms. The minimum absolute atomic E-state index is 0.0845. The molecule has 0 saturated carbocycles. The number of carbonyl (C=O) groups excluding carboxylic acids is 2. The molecule has 0 unspecified atom stereocenters. The van der Waals surface area contributed by atoms with Crippen LogP contribution in [0.5, 0.6) is 0 Å². The van der Waals surface area contributed by atoms with E-state index in [1.54, 1.807) is 0 Å². The van der Waals surface area contributed by atoms with Gasteiger partial charge in [0.05, 0.1) is 16.6 Å². The molecule has 0 bridgehead atoms. The van der Waals surface area contributed by atoms with Crippen molar-refractivity contribution in [1.29, 1.82) is 0 Å². The number of ether oxygens (including phenoxy) is 1. The van der Waals surface area contributed by atoms with Crippen LogP contribution in [0.4, 0.5) is 0 Å². The van der Waals surface area contributed by atoms with Crippen LogP contribution in [0.1, 0.15) is 78.2 Å². The molecule has 226 valence electrons. The number of carbonyl (C=O) groups is 2. The van der Waals surface area contributed by atoms with E-state index in [2.05, 4.69) is 53.2 Å². The monoisotopic (exact) mass is 587 g/mol. The van der Waals surface area contributed by atoms with Crippen LogP contribution in [0, 0.1) is 0 Å².